The van der Waals surface area contributed by atoms with Crippen LogP contribution in [0.3, 0.4) is 0 Å². The molecule has 1 saturated heterocycles. The van der Waals surface area contributed by atoms with Gasteiger partial charge in [-0.25, -0.2) is 0 Å². The standard InChI is InChI=1S/C21H24N2O3/c1-16-6-2-9-19(14-16)26-13-5-11-22-21(25)17-7-3-8-18(15-17)23-12-4-10-20(23)24/h2-3,6-9,14-15H,4-5,10-13H2,1H3,(H,22,25). The maximum absolute atomic E-state index is 12.3. The lowest BCUT2D eigenvalue weighted by Crippen LogP contribution is -2.27. The Labute approximate surface area is 154 Å². The van der Waals surface area contributed by atoms with Gasteiger partial charge in [0.15, 0.2) is 0 Å². The average molecular weight is 352 g/mol. The van der Waals surface area contributed by atoms with Crippen LogP contribution in [0.1, 0.15) is 35.2 Å². The van der Waals surface area contributed by atoms with Crippen molar-refractivity contribution in [2.75, 3.05) is 24.6 Å². The van der Waals surface area contributed by atoms with E-state index in [1.165, 1.54) is 0 Å². The number of benzene rings is 2. The predicted molar refractivity (Wildman–Crippen MR) is 102 cm³/mol. The second-order valence-electron chi connectivity index (χ2n) is 6.47. The first-order valence-corrected chi connectivity index (χ1v) is 9.01. The fourth-order valence-corrected chi connectivity index (χ4v) is 3.01. The van der Waals surface area contributed by atoms with Crippen molar-refractivity contribution in [3.05, 3.63) is 59.7 Å². The number of anilines is 1. The second kappa shape index (κ2) is 8.52. The molecule has 3 rings (SSSR count). The predicted octanol–water partition coefficient (Wildman–Crippen LogP) is 3.32. The fourth-order valence-electron chi connectivity index (χ4n) is 3.01. The molecule has 0 spiro atoms. The van der Waals surface area contributed by atoms with Crippen LogP contribution in [0.15, 0.2) is 48.5 Å². The summed E-state index contributed by atoms with van der Waals surface area (Å²) in [7, 11) is 0. The van der Waals surface area contributed by atoms with E-state index in [1.807, 2.05) is 43.3 Å². The first-order valence-electron chi connectivity index (χ1n) is 9.01. The number of nitrogens with one attached hydrogen (secondary N) is 1. The van der Waals surface area contributed by atoms with Gasteiger partial charge in [-0.15, -0.1) is 0 Å². The Bertz CT molecular complexity index is 788. The van der Waals surface area contributed by atoms with Gasteiger partial charge in [-0.05, 0) is 55.7 Å². The Balaban J connectivity index is 1.45. The van der Waals surface area contributed by atoms with E-state index in [9.17, 15) is 9.59 Å². The molecule has 2 aromatic rings. The third-order valence-corrected chi connectivity index (χ3v) is 4.36. The van der Waals surface area contributed by atoms with Crippen molar-refractivity contribution in [1.29, 1.82) is 0 Å². The Morgan fingerprint density at radius 1 is 1.19 bits per heavy atom. The molecule has 0 saturated carbocycles. The third-order valence-electron chi connectivity index (χ3n) is 4.36. The smallest absolute Gasteiger partial charge is 0.251 e. The maximum Gasteiger partial charge on any atom is 0.251 e. The summed E-state index contributed by atoms with van der Waals surface area (Å²) in [6.45, 7) is 3.83. The molecule has 1 aliphatic rings. The average Bonchev–Trinajstić information content (AvgIpc) is 3.07. The molecule has 26 heavy (non-hydrogen) atoms. The highest BCUT2D eigenvalue weighted by molar-refractivity contribution is 5.99. The summed E-state index contributed by atoms with van der Waals surface area (Å²) in [5, 5.41) is 2.90. The molecule has 0 aliphatic carbocycles. The number of aryl methyl sites for hydroxylation is 1. The molecule has 0 aromatic heterocycles. The van der Waals surface area contributed by atoms with Crippen molar-refractivity contribution >= 4 is 17.5 Å². The number of amides is 2. The normalized spacial score (nSPS) is 13.7. The first-order chi connectivity index (χ1) is 12.6. The Morgan fingerprint density at radius 2 is 2.04 bits per heavy atom. The van der Waals surface area contributed by atoms with Gasteiger partial charge in [0.1, 0.15) is 5.75 Å². The van der Waals surface area contributed by atoms with Gasteiger partial charge in [-0.3, -0.25) is 9.59 Å². The van der Waals surface area contributed by atoms with Crippen LogP contribution in [0, 0.1) is 6.92 Å². The van der Waals surface area contributed by atoms with Crippen LogP contribution >= 0.6 is 0 Å². The van der Waals surface area contributed by atoms with Crippen LogP contribution in [0.25, 0.3) is 0 Å². The summed E-state index contributed by atoms with van der Waals surface area (Å²) in [5.41, 5.74) is 2.52. The molecule has 1 fully saturated rings. The van der Waals surface area contributed by atoms with E-state index >= 15 is 0 Å². The van der Waals surface area contributed by atoms with Gasteiger partial charge < -0.3 is 15.0 Å². The zero-order valence-corrected chi connectivity index (χ0v) is 15.0. The Morgan fingerprint density at radius 3 is 2.81 bits per heavy atom. The van der Waals surface area contributed by atoms with E-state index in [2.05, 4.69) is 5.32 Å². The highest BCUT2D eigenvalue weighted by atomic mass is 16.5. The maximum atomic E-state index is 12.3. The van der Waals surface area contributed by atoms with Crippen LogP contribution in [-0.4, -0.2) is 31.5 Å². The van der Waals surface area contributed by atoms with Crippen molar-refractivity contribution < 1.29 is 14.3 Å². The number of carbonyl (C=O) groups excluding carboxylic acids is 2. The topological polar surface area (TPSA) is 58.6 Å². The first kappa shape index (κ1) is 18.0. The number of ether oxygens (including phenoxy) is 1. The minimum atomic E-state index is -0.131. The molecule has 0 unspecified atom stereocenters. The summed E-state index contributed by atoms with van der Waals surface area (Å²) in [6.07, 6.45) is 2.18. The van der Waals surface area contributed by atoms with E-state index in [0.29, 0.717) is 25.1 Å². The minimum Gasteiger partial charge on any atom is -0.494 e. The van der Waals surface area contributed by atoms with Crippen molar-refractivity contribution in [2.45, 2.75) is 26.2 Å². The van der Waals surface area contributed by atoms with Crippen molar-refractivity contribution in [3.63, 3.8) is 0 Å². The molecular weight excluding hydrogens is 328 g/mol. The lowest BCUT2D eigenvalue weighted by Gasteiger charge is -2.16. The summed E-state index contributed by atoms with van der Waals surface area (Å²) in [4.78, 5) is 25.9. The van der Waals surface area contributed by atoms with Gasteiger partial charge in [0.25, 0.3) is 5.91 Å². The van der Waals surface area contributed by atoms with E-state index in [-0.39, 0.29) is 11.8 Å². The van der Waals surface area contributed by atoms with Crippen molar-refractivity contribution in [2.24, 2.45) is 0 Å². The quantitative estimate of drug-likeness (QED) is 0.778. The van der Waals surface area contributed by atoms with Crippen LogP contribution in [0.2, 0.25) is 0 Å². The molecule has 136 valence electrons. The van der Waals surface area contributed by atoms with E-state index < -0.39 is 0 Å². The molecular formula is C21H24N2O3. The molecule has 2 amide bonds. The van der Waals surface area contributed by atoms with Crippen LogP contribution in [0.5, 0.6) is 5.75 Å². The highest BCUT2D eigenvalue weighted by Crippen LogP contribution is 2.22. The minimum absolute atomic E-state index is 0.121. The zero-order valence-electron chi connectivity index (χ0n) is 15.0. The fraction of sp³-hybridized carbons (Fsp3) is 0.333. The third kappa shape index (κ3) is 4.63. The van der Waals surface area contributed by atoms with E-state index in [1.54, 1.807) is 17.0 Å². The molecule has 0 bridgehead atoms. The van der Waals surface area contributed by atoms with Crippen LogP contribution < -0.4 is 15.0 Å². The van der Waals surface area contributed by atoms with Crippen molar-refractivity contribution in [3.8, 4) is 5.75 Å². The Hall–Kier alpha value is -2.82. The van der Waals surface area contributed by atoms with Gasteiger partial charge in [0.2, 0.25) is 5.91 Å². The lowest BCUT2D eigenvalue weighted by atomic mass is 10.1. The monoisotopic (exact) mass is 352 g/mol. The molecule has 1 heterocycles. The molecule has 5 heteroatoms. The number of nitrogens with zero attached hydrogens (tertiary/aromatic N) is 1. The molecule has 0 atom stereocenters. The van der Waals surface area contributed by atoms with Gasteiger partial charge in [0.05, 0.1) is 6.61 Å². The lowest BCUT2D eigenvalue weighted by molar-refractivity contribution is -0.117. The molecule has 0 radical (unpaired) electrons. The Kier molecular flexibility index (Phi) is 5.89. The highest BCUT2D eigenvalue weighted by Gasteiger charge is 2.22. The zero-order chi connectivity index (χ0) is 18.4. The number of hydrogen-bond donors (Lipinski definition) is 1. The number of carbonyl (C=O) groups is 2. The summed E-state index contributed by atoms with van der Waals surface area (Å²) < 4.78 is 5.68. The molecule has 1 N–H and O–H groups in total. The number of hydrogen-bond acceptors (Lipinski definition) is 3. The molecule has 2 aromatic carbocycles. The van der Waals surface area contributed by atoms with Gasteiger partial charge >= 0.3 is 0 Å². The molecule has 1 aliphatic heterocycles. The van der Waals surface area contributed by atoms with Gasteiger partial charge in [0, 0.05) is 30.8 Å². The molecule has 5 nitrogen and oxygen atoms in total. The largest absolute Gasteiger partial charge is 0.494 e. The SMILES string of the molecule is Cc1cccc(OCCCNC(=O)c2cccc(N3CCCC3=O)c2)c1. The summed E-state index contributed by atoms with van der Waals surface area (Å²) in [6, 6.07) is 15.1. The van der Waals surface area contributed by atoms with E-state index in [0.717, 1.165) is 36.4 Å². The van der Waals surface area contributed by atoms with E-state index in [4.69, 9.17) is 4.74 Å². The van der Waals surface area contributed by atoms with Crippen LogP contribution in [0.4, 0.5) is 5.69 Å². The van der Waals surface area contributed by atoms with Crippen LogP contribution in [-0.2, 0) is 4.79 Å². The summed E-state index contributed by atoms with van der Waals surface area (Å²) in [5.74, 6) is 0.837. The summed E-state index contributed by atoms with van der Waals surface area (Å²) >= 11 is 0. The van der Waals surface area contributed by atoms with Gasteiger partial charge in [-0.2, -0.15) is 0 Å². The second-order valence-corrected chi connectivity index (χ2v) is 6.47. The number of rotatable bonds is 7. The van der Waals surface area contributed by atoms with Gasteiger partial charge in [-0.1, -0.05) is 18.2 Å². The van der Waals surface area contributed by atoms with Crippen molar-refractivity contribution in [1.82, 2.24) is 5.32 Å².